The van der Waals surface area contributed by atoms with Gasteiger partial charge in [-0.15, -0.1) is 0 Å². The maximum Gasteiger partial charge on any atom is 0.343 e. The number of carbonyl (C=O) groups is 1. The molecule has 5 aromatic rings. The molecule has 0 fully saturated rings. The average Bonchev–Trinajstić information content (AvgIpc) is 3.50. The van der Waals surface area contributed by atoms with Crippen molar-refractivity contribution in [1.29, 1.82) is 0 Å². The Morgan fingerprint density at radius 2 is 1.40 bits per heavy atom. The van der Waals surface area contributed by atoms with E-state index >= 15 is 8.78 Å². The number of fused-ring (bicyclic) bond motifs is 7. The fourth-order valence-electron chi connectivity index (χ4n) is 7.40. The first-order chi connectivity index (χ1) is 22.8. The van der Waals surface area contributed by atoms with Crippen LogP contribution in [0.1, 0.15) is 63.1 Å². The molecule has 3 aliphatic heterocycles. The lowest BCUT2D eigenvalue weighted by molar-refractivity contribution is 0.0215. The summed E-state index contributed by atoms with van der Waals surface area (Å²) in [5, 5.41) is 3.36. The van der Waals surface area contributed by atoms with Crippen molar-refractivity contribution in [2.45, 2.75) is 45.6 Å². The van der Waals surface area contributed by atoms with Crippen LogP contribution in [0.3, 0.4) is 0 Å². The molecule has 0 saturated carbocycles. The second-order valence-corrected chi connectivity index (χ2v) is 13.5. The minimum Gasteiger partial charge on any atom is -0.456 e. The Labute approximate surface area is 274 Å². The van der Waals surface area contributed by atoms with Gasteiger partial charge in [0.15, 0.2) is 28.9 Å². The molecule has 1 spiro atoms. The quantitative estimate of drug-likeness (QED) is 0.0912. The second kappa shape index (κ2) is 10.1. The summed E-state index contributed by atoms with van der Waals surface area (Å²) in [4.78, 5) is 15.4. The normalized spacial score (nSPS) is 18.2. The maximum atomic E-state index is 15.9. The van der Waals surface area contributed by atoms with Gasteiger partial charge in [0.2, 0.25) is 0 Å². The van der Waals surface area contributed by atoms with E-state index in [0.29, 0.717) is 12.2 Å². The summed E-state index contributed by atoms with van der Waals surface area (Å²) in [7, 11) is 0. The zero-order chi connectivity index (χ0) is 33.9. The summed E-state index contributed by atoms with van der Waals surface area (Å²) in [6.07, 6.45) is 0. The number of nitrogens with one attached hydrogen (secondary N) is 1. The molecule has 0 amide bonds. The molecule has 48 heavy (non-hydrogen) atoms. The summed E-state index contributed by atoms with van der Waals surface area (Å²) in [6.45, 7) is 11.0. The van der Waals surface area contributed by atoms with Crippen molar-refractivity contribution in [3.05, 3.63) is 141 Å². The number of hydrogen-bond donors (Lipinski definition) is 1. The number of aryl methyl sites for hydroxylation is 3. The lowest BCUT2D eigenvalue weighted by atomic mass is 9.77. The highest BCUT2D eigenvalue weighted by Crippen LogP contribution is 2.59. The molecule has 0 radical (unpaired) electrons. The number of halogens is 4. The molecular weight excluding hydrogens is 620 g/mol. The van der Waals surface area contributed by atoms with Crippen LogP contribution < -0.4 is 15.0 Å². The number of carbonyl (C=O) groups excluding carboxylic acids is 1. The molecule has 8 rings (SSSR count). The maximum absolute atomic E-state index is 15.9. The third kappa shape index (κ3) is 4.12. The molecular formula is C39H30F4N2O3. The van der Waals surface area contributed by atoms with Crippen molar-refractivity contribution in [2.75, 3.05) is 16.8 Å². The van der Waals surface area contributed by atoms with Crippen LogP contribution in [0.4, 0.5) is 40.3 Å². The molecule has 5 nitrogen and oxygen atoms in total. The van der Waals surface area contributed by atoms with Crippen LogP contribution in [-0.4, -0.2) is 12.5 Å². The molecule has 0 bridgehead atoms. The van der Waals surface area contributed by atoms with E-state index in [4.69, 9.17) is 9.47 Å². The summed E-state index contributed by atoms with van der Waals surface area (Å²) in [6, 6.07) is 22.2. The van der Waals surface area contributed by atoms with E-state index < -0.39 is 46.0 Å². The Morgan fingerprint density at radius 3 is 2.15 bits per heavy atom. The molecule has 0 aromatic heterocycles. The van der Waals surface area contributed by atoms with Gasteiger partial charge in [-0.05, 0) is 68.3 Å². The highest BCUT2D eigenvalue weighted by atomic mass is 19.2. The van der Waals surface area contributed by atoms with E-state index in [0.717, 1.165) is 33.8 Å². The number of ether oxygens (including phenoxy) is 2. The largest absolute Gasteiger partial charge is 0.456 e. The number of nitrogens with zero attached hydrogens (tertiary/aromatic N) is 1. The van der Waals surface area contributed by atoms with Gasteiger partial charge in [-0.1, -0.05) is 49.2 Å². The fourth-order valence-corrected chi connectivity index (χ4v) is 7.40. The lowest BCUT2D eigenvalue weighted by Gasteiger charge is -2.37. The van der Waals surface area contributed by atoms with Crippen molar-refractivity contribution in [3.63, 3.8) is 0 Å². The van der Waals surface area contributed by atoms with Gasteiger partial charge in [0.05, 0.1) is 5.56 Å². The van der Waals surface area contributed by atoms with Gasteiger partial charge in [0.1, 0.15) is 17.1 Å². The first-order valence-corrected chi connectivity index (χ1v) is 15.6. The number of esters is 1. The van der Waals surface area contributed by atoms with Crippen LogP contribution in [0.5, 0.6) is 11.5 Å². The standard InChI is InChI=1S/C39H30F4N2O3/c1-19-6-12-27(21(3)14-19)44-22-8-10-24-29(16-22)47-30-17-23(45-18-38(4,5)26-15-20(2)7-13-28(26)45)9-11-25(30)39(24)32-31(37(46)48-39)33(40)35(42)36(43)34(32)41/h6-17,44H,18H2,1-5H3. The highest BCUT2D eigenvalue weighted by molar-refractivity contribution is 5.97. The third-order valence-corrected chi connectivity index (χ3v) is 9.69. The number of hydrogen-bond acceptors (Lipinski definition) is 5. The van der Waals surface area contributed by atoms with Crippen LogP contribution in [-0.2, 0) is 15.8 Å². The lowest BCUT2D eigenvalue weighted by Crippen LogP contribution is -2.34. The molecule has 242 valence electrons. The van der Waals surface area contributed by atoms with E-state index in [1.807, 2.05) is 45.0 Å². The van der Waals surface area contributed by atoms with Crippen LogP contribution in [0.15, 0.2) is 72.8 Å². The summed E-state index contributed by atoms with van der Waals surface area (Å²) in [5.74, 6) is -8.59. The fraction of sp³-hybridized carbons (Fsp3) is 0.205. The molecule has 3 aliphatic rings. The van der Waals surface area contributed by atoms with Crippen molar-refractivity contribution >= 4 is 28.7 Å². The summed E-state index contributed by atoms with van der Waals surface area (Å²) in [5.41, 5.74) is 3.82. The first-order valence-electron chi connectivity index (χ1n) is 15.6. The second-order valence-electron chi connectivity index (χ2n) is 13.5. The van der Waals surface area contributed by atoms with Crippen molar-refractivity contribution in [3.8, 4) is 11.5 Å². The van der Waals surface area contributed by atoms with Gasteiger partial charge in [0, 0.05) is 58.0 Å². The van der Waals surface area contributed by atoms with Gasteiger partial charge in [-0.25, -0.2) is 22.4 Å². The molecule has 3 heterocycles. The summed E-state index contributed by atoms with van der Waals surface area (Å²) >= 11 is 0. The predicted molar refractivity (Wildman–Crippen MR) is 175 cm³/mol. The third-order valence-electron chi connectivity index (χ3n) is 9.69. The Morgan fingerprint density at radius 1 is 0.729 bits per heavy atom. The average molecular weight is 651 g/mol. The van der Waals surface area contributed by atoms with Crippen LogP contribution in [0.2, 0.25) is 0 Å². The van der Waals surface area contributed by atoms with Gasteiger partial charge in [0.25, 0.3) is 0 Å². The zero-order valence-electron chi connectivity index (χ0n) is 26.8. The number of anilines is 4. The van der Waals surface area contributed by atoms with Crippen LogP contribution in [0.25, 0.3) is 0 Å². The molecule has 9 heteroatoms. The zero-order valence-corrected chi connectivity index (χ0v) is 26.8. The van der Waals surface area contributed by atoms with E-state index in [2.05, 4.69) is 36.2 Å². The van der Waals surface area contributed by atoms with Crippen molar-refractivity contribution < 1.29 is 31.8 Å². The minimum atomic E-state index is -2.16. The van der Waals surface area contributed by atoms with Crippen LogP contribution >= 0.6 is 0 Å². The Balaban J connectivity index is 1.33. The molecule has 1 atom stereocenters. The monoisotopic (exact) mass is 650 g/mol. The molecule has 0 aliphatic carbocycles. The van der Waals surface area contributed by atoms with E-state index in [9.17, 15) is 13.6 Å². The molecule has 1 unspecified atom stereocenters. The SMILES string of the molecule is Cc1ccc(Nc2ccc3c(c2)Oc2cc(N4CC(C)(C)c5cc(C)ccc54)ccc2C32OC(=O)c3c(F)c(F)c(F)c(F)c32)c(C)c1. The van der Waals surface area contributed by atoms with Crippen LogP contribution in [0, 0.1) is 44.0 Å². The number of benzene rings is 5. The Bertz CT molecular complexity index is 2250. The van der Waals surface area contributed by atoms with Gasteiger partial charge in [-0.2, -0.15) is 0 Å². The van der Waals surface area contributed by atoms with E-state index in [1.165, 1.54) is 5.56 Å². The molecule has 1 N–H and O–H groups in total. The van der Waals surface area contributed by atoms with Crippen molar-refractivity contribution in [1.82, 2.24) is 0 Å². The molecule has 0 saturated heterocycles. The molecule has 5 aromatic carbocycles. The minimum absolute atomic E-state index is 0.133. The predicted octanol–water partition coefficient (Wildman–Crippen LogP) is 9.91. The number of rotatable bonds is 3. The summed E-state index contributed by atoms with van der Waals surface area (Å²) < 4.78 is 72.9. The van der Waals surface area contributed by atoms with Gasteiger partial charge < -0.3 is 19.7 Å². The van der Waals surface area contributed by atoms with E-state index in [-0.39, 0.29) is 28.0 Å². The Hall–Kier alpha value is -5.31. The highest BCUT2D eigenvalue weighted by Gasteiger charge is 2.58. The van der Waals surface area contributed by atoms with E-state index in [1.54, 1.807) is 36.4 Å². The van der Waals surface area contributed by atoms with Gasteiger partial charge >= 0.3 is 5.97 Å². The topological polar surface area (TPSA) is 50.8 Å². The first kappa shape index (κ1) is 30.1. The van der Waals surface area contributed by atoms with Crippen molar-refractivity contribution in [2.24, 2.45) is 0 Å². The Kier molecular flexibility index (Phi) is 6.32. The van der Waals surface area contributed by atoms with Gasteiger partial charge in [-0.3, -0.25) is 0 Å². The smallest absolute Gasteiger partial charge is 0.343 e.